The largest absolute Gasteiger partial charge is 0.393 e. The number of piperidine rings is 1. The molecule has 1 rings (SSSR count). The molecule has 42 valence electrons. The summed E-state index contributed by atoms with van der Waals surface area (Å²) < 4.78 is 50.5. The Labute approximate surface area is 53.4 Å². The molecule has 0 aromatic carbocycles. The van der Waals surface area contributed by atoms with Gasteiger partial charge in [-0.05, 0) is 25.8 Å². The summed E-state index contributed by atoms with van der Waals surface area (Å²) in [7, 11) is 0. The Bertz CT molecular complexity index is 220. The van der Waals surface area contributed by atoms with Crippen LogP contribution in [0.1, 0.15) is 22.3 Å². The molecule has 0 amide bonds. The summed E-state index contributed by atoms with van der Waals surface area (Å²) in [5, 5.41) is 11.4. The van der Waals surface area contributed by atoms with E-state index in [0.717, 1.165) is 0 Å². The van der Waals surface area contributed by atoms with E-state index in [1.165, 1.54) is 0 Å². The van der Waals surface area contributed by atoms with Crippen LogP contribution in [-0.2, 0) is 0 Å². The molecular formula is C5H11NO. The van der Waals surface area contributed by atoms with Crippen LogP contribution in [0.15, 0.2) is 0 Å². The first-order valence-electron chi connectivity index (χ1n) is 5.53. The Kier molecular flexibility index (Phi) is 0.408. The van der Waals surface area contributed by atoms with Crippen molar-refractivity contribution in [2.24, 2.45) is 0 Å². The van der Waals surface area contributed by atoms with Crippen LogP contribution in [0.5, 0.6) is 0 Å². The van der Waals surface area contributed by atoms with Crippen molar-refractivity contribution in [2.75, 3.05) is 13.0 Å². The number of nitrogens with one attached hydrogen (secondary N) is 1. The van der Waals surface area contributed by atoms with Crippen molar-refractivity contribution in [1.82, 2.24) is 5.32 Å². The van der Waals surface area contributed by atoms with Crippen molar-refractivity contribution in [3.05, 3.63) is 0 Å². The Morgan fingerprint density at radius 1 is 1.71 bits per heavy atom. The molecule has 2 N–H and O–H groups in total. The predicted octanol–water partition coefficient (Wildman–Crippen LogP) is -0.269. The van der Waals surface area contributed by atoms with Gasteiger partial charge in [0.25, 0.3) is 0 Å². The molecule has 0 saturated carbocycles. The van der Waals surface area contributed by atoms with Gasteiger partial charge in [0.1, 0.15) is 0 Å². The van der Waals surface area contributed by atoms with E-state index in [-0.39, 0.29) is 0 Å². The Balaban J connectivity index is 3.17. The topological polar surface area (TPSA) is 32.3 Å². The van der Waals surface area contributed by atoms with Crippen LogP contribution in [0.4, 0.5) is 0 Å². The summed E-state index contributed by atoms with van der Waals surface area (Å²) in [6, 6.07) is 0. The normalized spacial score (nSPS) is 93.6. The van der Waals surface area contributed by atoms with Gasteiger partial charge in [-0.25, -0.2) is 0 Å². The molecular weight excluding hydrogens is 90.1 g/mol. The summed E-state index contributed by atoms with van der Waals surface area (Å²) in [6.07, 6.45) is -8.65. The summed E-state index contributed by atoms with van der Waals surface area (Å²) in [5.41, 5.74) is 0. The number of aliphatic hydroxyl groups is 1. The standard InChI is InChI=1S/C5H11NO/c7-5-1-3-6-4-2-5/h5-7H,1-4H2/i1D2,2D2,3D,4D,5D. The van der Waals surface area contributed by atoms with Gasteiger partial charge in [0.2, 0.25) is 0 Å². The van der Waals surface area contributed by atoms with Crippen LogP contribution in [0.25, 0.3) is 0 Å². The number of hydrogen-bond donors (Lipinski definition) is 2. The maximum absolute atomic E-state index is 9.41. The zero-order valence-corrected chi connectivity index (χ0v) is 3.60. The summed E-state index contributed by atoms with van der Waals surface area (Å²) in [6.45, 7) is -3.40. The first kappa shape index (κ1) is 1.25. The second kappa shape index (κ2) is 2.28. The van der Waals surface area contributed by atoms with Gasteiger partial charge >= 0.3 is 0 Å². The predicted molar refractivity (Wildman–Crippen MR) is 28.1 cm³/mol. The van der Waals surface area contributed by atoms with Gasteiger partial charge in [-0.2, -0.15) is 0 Å². The third-order valence-electron chi connectivity index (χ3n) is 0.584. The molecule has 1 aliphatic rings. The molecule has 0 aliphatic carbocycles. The van der Waals surface area contributed by atoms with Gasteiger partial charge in [-0.15, -0.1) is 0 Å². The Morgan fingerprint density at radius 3 is 2.86 bits per heavy atom. The molecule has 7 heavy (non-hydrogen) atoms. The molecule has 1 aliphatic heterocycles. The SMILES string of the molecule is [2H]C1NC([2H])C([2H])([2H])C([2H])(O)C1([2H])[2H]. The third-order valence-corrected chi connectivity index (χ3v) is 0.584. The molecule has 0 bridgehead atoms. The average Bonchev–Trinajstić information content (AvgIpc) is 2.01. The lowest BCUT2D eigenvalue weighted by Crippen LogP contribution is -2.30. The highest BCUT2D eigenvalue weighted by Gasteiger charge is 2.06. The van der Waals surface area contributed by atoms with Gasteiger partial charge in [-0.3, -0.25) is 0 Å². The monoisotopic (exact) mass is 108 g/mol. The fourth-order valence-electron chi connectivity index (χ4n) is 0.303. The fraction of sp³-hybridized carbons (Fsp3) is 1.00. The van der Waals surface area contributed by atoms with Crippen LogP contribution < -0.4 is 5.32 Å². The Morgan fingerprint density at radius 2 is 2.29 bits per heavy atom. The lowest BCUT2D eigenvalue weighted by atomic mass is 10.1. The average molecular weight is 108 g/mol. The van der Waals surface area contributed by atoms with E-state index < -0.39 is 31.9 Å². The lowest BCUT2D eigenvalue weighted by molar-refractivity contribution is 0.137. The molecule has 0 aromatic rings. The molecule has 2 heteroatoms. The van der Waals surface area contributed by atoms with E-state index in [1.54, 1.807) is 0 Å². The number of rotatable bonds is 0. The highest BCUT2D eigenvalue weighted by Crippen LogP contribution is 1.99. The van der Waals surface area contributed by atoms with E-state index >= 15 is 0 Å². The molecule has 0 radical (unpaired) electrons. The second-order valence-corrected chi connectivity index (χ2v) is 1.09. The minimum atomic E-state index is -3.11. The summed E-state index contributed by atoms with van der Waals surface area (Å²) in [5.74, 6) is 0. The van der Waals surface area contributed by atoms with E-state index in [9.17, 15) is 5.11 Å². The number of hydrogen-bond acceptors (Lipinski definition) is 2. The lowest BCUT2D eigenvalue weighted by Gasteiger charge is -2.16. The fourth-order valence-corrected chi connectivity index (χ4v) is 0.303. The van der Waals surface area contributed by atoms with Gasteiger partial charge in [0, 0.05) is 8.22 Å². The van der Waals surface area contributed by atoms with Crippen molar-refractivity contribution in [3.63, 3.8) is 0 Å². The first-order valence-corrected chi connectivity index (χ1v) is 1.88. The van der Waals surface area contributed by atoms with Crippen molar-refractivity contribution in [2.45, 2.75) is 18.8 Å². The smallest absolute Gasteiger partial charge is 0.0601 e. The van der Waals surface area contributed by atoms with Crippen LogP contribution in [0.3, 0.4) is 0 Å². The first-order chi connectivity index (χ1) is 6.05. The minimum Gasteiger partial charge on any atom is -0.393 e. The van der Waals surface area contributed by atoms with E-state index in [0.29, 0.717) is 0 Å². The van der Waals surface area contributed by atoms with Crippen LogP contribution >= 0.6 is 0 Å². The van der Waals surface area contributed by atoms with Crippen LogP contribution in [0.2, 0.25) is 0 Å². The van der Waals surface area contributed by atoms with Gasteiger partial charge < -0.3 is 10.4 Å². The molecule has 0 aromatic heterocycles. The molecule has 1 fully saturated rings. The highest BCUT2D eigenvalue weighted by atomic mass is 16.3. The maximum atomic E-state index is 9.41. The molecule has 1 saturated heterocycles. The maximum Gasteiger partial charge on any atom is 0.0601 e. The van der Waals surface area contributed by atoms with E-state index in [4.69, 9.17) is 9.60 Å². The second-order valence-electron chi connectivity index (χ2n) is 1.09. The van der Waals surface area contributed by atoms with Crippen molar-refractivity contribution in [1.29, 1.82) is 0 Å². The van der Waals surface area contributed by atoms with Gasteiger partial charge in [0.05, 0.1) is 7.45 Å². The molecule has 2 nitrogen and oxygen atoms in total. The highest BCUT2D eigenvalue weighted by molar-refractivity contribution is 4.65. The molecule has 1 heterocycles. The van der Waals surface area contributed by atoms with E-state index in [1.807, 2.05) is 5.32 Å². The van der Waals surface area contributed by atoms with Gasteiger partial charge in [0.15, 0.2) is 0 Å². The molecule has 0 spiro atoms. The molecule has 2 unspecified atom stereocenters. The van der Waals surface area contributed by atoms with Crippen molar-refractivity contribution < 1.29 is 14.7 Å². The van der Waals surface area contributed by atoms with Crippen LogP contribution in [0, 0.1) is 0 Å². The van der Waals surface area contributed by atoms with Crippen LogP contribution in [-0.4, -0.2) is 24.2 Å². The summed E-state index contributed by atoms with van der Waals surface area (Å²) >= 11 is 0. The zero-order chi connectivity index (χ0) is 11.4. The van der Waals surface area contributed by atoms with Crippen molar-refractivity contribution >= 4 is 0 Å². The third kappa shape index (κ3) is 1.45. The Hall–Kier alpha value is -0.0800. The minimum absolute atomic E-state index is 1.70. The van der Waals surface area contributed by atoms with Gasteiger partial charge in [-0.1, -0.05) is 0 Å². The summed E-state index contributed by atoms with van der Waals surface area (Å²) in [4.78, 5) is 0. The van der Waals surface area contributed by atoms with Crippen molar-refractivity contribution in [3.8, 4) is 0 Å². The van der Waals surface area contributed by atoms with E-state index in [2.05, 4.69) is 0 Å². The molecule has 2 atom stereocenters. The quantitative estimate of drug-likeness (QED) is 0.448. The zero-order valence-electron chi connectivity index (χ0n) is 10.6.